The van der Waals surface area contributed by atoms with Crippen molar-refractivity contribution < 1.29 is 81.4 Å². The second-order valence-electron chi connectivity index (χ2n) is 5.53. The SMILES string of the molecule is O=C(O)c1cccc(C(=O)O)c1S(=O)(=O)O.O=C1OCCOC(=O)c2c[c-]c1cc2.[Na+]. The summed E-state index contributed by atoms with van der Waals surface area (Å²) in [5.74, 6) is -4.16. The van der Waals surface area contributed by atoms with Crippen LogP contribution in [-0.2, 0) is 19.6 Å². The minimum Gasteiger partial charge on any atom is -0.502 e. The van der Waals surface area contributed by atoms with E-state index in [-0.39, 0.29) is 42.8 Å². The van der Waals surface area contributed by atoms with E-state index in [1.54, 1.807) is 0 Å². The van der Waals surface area contributed by atoms with Crippen molar-refractivity contribution in [2.45, 2.75) is 4.90 Å². The molecule has 0 unspecified atom stereocenters. The quantitative estimate of drug-likeness (QED) is 0.202. The number of carboxylic acids is 2. The molecule has 2 aliphatic heterocycles. The summed E-state index contributed by atoms with van der Waals surface area (Å²) >= 11 is 0. The number of benzene rings is 2. The summed E-state index contributed by atoms with van der Waals surface area (Å²) in [6.07, 6.45) is 0. The molecule has 2 aliphatic rings. The number of esters is 2. The molecule has 0 saturated heterocycles. The van der Waals surface area contributed by atoms with Crippen LogP contribution in [0.15, 0.2) is 41.3 Å². The smallest absolute Gasteiger partial charge is 0.502 e. The first-order valence-corrected chi connectivity index (χ1v) is 9.39. The average molecular weight is 460 g/mol. The fraction of sp³-hybridized carbons (Fsp3) is 0.111. The molecule has 2 aromatic rings. The van der Waals surface area contributed by atoms with Crippen molar-refractivity contribution in [2.24, 2.45) is 0 Å². The first kappa shape index (κ1) is 26.3. The predicted octanol–water partition coefficient (Wildman–Crippen LogP) is -1.85. The van der Waals surface area contributed by atoms with E-state index in [0.29, 0.717) is 11.1 Å². The van der Waals surface area contributed by atoms with Crippen LogP contribution in [0.3, 0.4) is 0 Å². The fourth-order valence-electron chi connectivity index (χ4n) is 2.26. The zero-order valence-corrected chi connectivity index (χ0v) is 18.7. The van der Waals surface area contributed by atoms with E-state index in [1.165, 1.54) is 18.2 Å². The Morgan fingerprint density at radius 2 is 1.42 bits per heavy atom. The van der Waals surface area contributed by atoms with Gasteiger partial charge in [0.1, 0.15) is 18.1 Å². The van der Waals surface area contributed by atoms with Crippen LogP contribution in [0.25, 0.3) is 0 Å². The number of hydrogen-bond acceptors (Lipinski definition) is 8. The van der Waals surface area contributed by atoms with E-state index in [0.717, 1.165) is 18.2 Å². The van der Waals surface area contributed by atoms with E-state index in [1.807, 2.05) is 0 Å². The maximum absolute atomic E-state index is 11.2. The molecule has 0 atom stereocenters. The van der Waals surface area contributed by atoms with Crippen LogP contribution in [-0.4, -0.2) is 60.3 Å². The Morgan fingerprint density at radius 1 is 0.903 bits per heavy atom. The van der Waals surface area contributed by atoms with E-state index in [9.17, 15) is 27.6 Å². The third kappa shape index (κ3) is 6.87. The molecule has 2 aromatic carbocycles. The Balaban J connectivity index is 0.000000302. The molecule has 0 amide bonds. The molecule has 2 bridgehead atoms. The Bertz CT molecular complexity index is 1040. The maximum Gasteiger partial charge on any atom is 1.00 e. The van der Waals surface area contributed by atoms with Gasteiger partial charge in [0, 0.05) is 0 Å². The van der Waals surface area contributed by atoms with E-state index >= 15 is 0 Å². The fourth-order valence-corrected chi connectivity index (χ4v) is 3.13. The van der Waals surface area contributed by atoms with E-state index in [4.69, 9.17) is 24.2 Å². The van der Waals surface area contributed by atoms with Gasteiger partial charge in [-0.2, -0.15) is 8.42 Å². The van der Waals surface area contributed by atoms with Crippen molar-refractivity contribution in [3.05, 3.63) is 64.7 Å². The van der Waals surface area contributed by atoms with Gasteiger partial charge in [-0.25, -0.2) is 9.59 Å². The summed E-state index contributed by atoms with van der Waals surface area (Å²) in [5, 5.41) is 17.3. The van der Waals surface area contributed by atoms with Gasteiger partial charge >= 0.3 is 41.5 Å². The molecular formula is C18H13NaO11S. The average Bonchev–Trinajstić information content (AvgIpc) is 2.70. The van der Waals surface area contributed by atoms with Gasteiger partial charge in [0.05, 0.1) is 11.1 Å². The summed E-state index contributed by atoms with van der Waals surface area (Å²) in [7, 11) is -4.92. The maximum atomic E-state index is 11.2. The van der Waals surface area contributed by atoms with Gasteiger partial charge in [0.15, 0.2) is 0 Å². The predicted molar refractivity (Wildman–Crippen MR) is 96.0 cm³/mol. The normalized spacial score (nSPS) is 12.9. The molecule has 0 fully saturated rings. The molecule has 0 aromatic heterocycles. The van der Waals surface area contributed by atoms with Crippen molar-refractivity contribution in [3.8, 4) is 0 Å². The monoisotopic (exact) mass is 460 g/mol. The minimum atomic E-state index is -4.92. The van der Waals surface area contributed by atoms with Crippen molar-refractivity contribution >= 4 is 34.0 Å². The zero-order valence-electron chi connectivity index (χ0n) is 15.9. The van der Waals surface area contributed by atoms with Crippen molar-refractivity contribution in [3.63, 3.8) is 0 Å². The number of carboxylic acid groups (broad SMARTS) is 2. The number of ether oxygens (including phenoxy) is 2. The van der Waals surface area contributed by atoms with E-state index in [2.05, 4.69) is 6.07 Å². The van der Waals surface area contributed by atoms with Gasteiger partial charge in [-0.3, -0.25) is 9.35 Å². The molecule has 2 heterocycles. The summed E-state index contributed by atoms with van der Waals surface area (Å²) < 4.78 is 40.2. The van der Waals surface area contributed by atoms with Gasteiger partial charge in [-0.05, 0) is 17.7 Å². The Labute approximate surface area is 197 Å². The summed E-state index contributed by atoms with van der Waals surface area (Å²) in [6, 6.07) is 9.93. The first-order valence-electron chi connectivity index (χ1n) is 7.95. The number of fused-ring (bicyclic) bond motifs is 7. The van der Waals surface area contributed by atoms with Crippen molar-refractivity contribution in [2.75, 3.05) is 13.2 Å². The van der Waals surface area contributed by atoms with Crippen molar-refractivity contribution in [1.82, 2.24) is 0 Å². The molecule has 31 heavy (non-hydrogen) atoms. The number of carbonyl (C=O) groups is 4. The molecule has 0 radical (unpaired) electrons. The molecule has 11 nitrogen and oxygen atoms in total. The van der Waals surface area contributed by atoms with Crippen LogP contribution in [0.1, 0.15) is 41.4 Å². The second kappa shape index (κ2) is 11.0. The Morgan fingerprint density at radius 3 is 1.84 bits per heavy atom. The van der Waals surface area contributed by atoms with E-state index < -0.39 is 50.0 Å². The van der Waals surface area contributed by atoms with Crippen LogP contribution in [0, 0.1) is 6.07 Å². The number of aromatic carboxylic acids is 2. The number of rotatable bonds is 3. The third-order valence-electron chi connectivity index (χ3n) is 3.55. The standard InChI is InChI=1S/C10H7O4.C8H6O7S.Na/c11-9-7-1-2-8(4-3-7)10(12)14-6-5-13-9;9-7(10)4-2-1-3-5(8(11)12)6(4)16(13,14)15;/h1-3H,5-6H2;1-3H,(H,9,10)(H,11,12)(H,13,14,15);/q-1;;+1. The van der Waals surface area contributed by atoms with Gasteiger partial charge in [-0.15, -0.1) is 24.3 Å². The van der Waals surface area contributed by atoms with Gasteiger partial charge in [-0.1, -0.05) is 11.6 Å². The second-order valence-corrected chi connectivity index (χ2v) is 6.89. The van der Waals surface area contributed by atoms with Crippen LogP contribution in [0.4, 0.5) is 0 Å². The van der Waals surface area contributed by atoms with Crippen LogP contribution >= 0.6 is 0 Å². The zero-order chi connectivity index (χ0) is 22.5. The Kier molecular flexibility index (Phi) is 9.34. The topological polar surface area (TPSA) is 182 Å². The molecule has 0 aliphatic carbocycles. The van der Waals surface area contributed by atoms with Gasteiger partial charge in [0.2, 0.25) is 5.97 Å². The molecule has 158 valence electrons. The van der Waals surface area contributed by atoms with Crippen LogP contribution in [0.5, 0.6) is 0 Å². The molecular weight excluding hydrogens is 447 g/mol. The number of carbonyl (C=O) groups excluding carboxylic acids is 2. The minimum absolute atomic E-state index is 0. The van der Waals surface area contributed by atoms with Gasteiger partial charge < -0.3 is 24.5 Å². The molecule has 0 saturated carbocycles. The van der Waals surface area contributed by atoms with Crippen molar-refractivity contribution in [1.29, 1.82) is 0 Å². The summed E-state index contributed by atoms with van der Waals surface area (Å²) in [4.78, 5) is 42.7. The van der Waals surface area contributed by atoms with Crippen LogP contribution in [0.2, 0.25) is 0 Å². The Hall–Kier alpha value is -2.77. The molecule has 13 heteroatoms. The summed E-state index contributed by atoms with van der Waals surface area (Å²) in [6.45, 7) is 0.167. The number of hydrogen-bond donors (Lipinski definition) is 3. The summed E-state index contributed by atoms with van der Waals surface area (Å²) in [5.41, 5.74) is -0.864. The third-order valence-corrected chi connectivity index (χ3v) is 4.51. The van der Waals surface area contributed by atoms with Gasteiger partial charge in [0.25, 0.3) is 16.1 Å². The molecule has 4 rings (SSSR count). The molecule has 0 spiro atoms. The van der Waals surface area contributed by atoms with Crippen LogP contribution < -0.4 is 29.6 Å². The first-order chi connectivity index (χ1) is 14.0. The largest absolute Gasteiger partial charge is 1.00 e. The molecule has 3 N–H and O–H groups in total.